The zero-order valence-electron chi connectivity index (χ0n) is 7.57. The monoisotopic (exact) mass is 141 g/mol. The van der Waals surface area contributed by atoms with Crippen LogP contribution in [-0.2, 0) is 0 Å². The van der Waals surface area contributed by atoms with Gasteiger partial charge in [-0.1, -0.05) is 25.8 Å². The van der Waals surface area contributed by atoms with Gasteiger partial charge in [-0.2, -0.15) is 0 Å². The van der Waals surface area contributed by atoms with Gasteiger partial charge < -0.3 is 5.32 Å². The van der Waals surface area contributed by atoms with Crippen molar-refractivity contribution in [3.05, 3.63) is 11.8 Å². The average molecular weight is 141 g/mol. The maximum Gasteiger partial charge on any atom is 0.00276 e. The summed E-state index contributed by atoms with van der Waals surface area (Å²) in [5, 5.41) is 3.03. The highest BCUT2D eigenvalue weighted by Gasteiger charge is 1.98. The van der Waals surface area contributed by atoms with E-state index in [2.05, 4.69) is 32.3 Å². The normalized spacial score (nSPS) is 15.0. The summed E-state index contributed by atoms with van der Waals surface area (Å²) in [5.74, 6) is 0.824. The van der Waals surface area contributed by atoms with Gasteiger partial charge in [-0.25, -0.2) is 0 Å². The molecule has 0 aromatic heterocycles. The van der Waals surface area contributed by atoms with Crippen LogP contribution in [0, 0.1) is 5.92 Å². The summed E-state index contributed by atoms with van der Waals surface area (Å²) in [6, 6.07) is 0. The molecule has 0 bridgehead atoms. The van der Waals surface area contributed by atoms with Crippen molar-refractivity contribution in [2.45, 2.75) is 33.6 Å². The molecule has 60 valence electrons. The molecule has 1 N–H and O–H groups in total. The molecule has 10 heavy (non-hydrogen) atoms. The van der Waals surface area contributed by atoms with Crippen LogP contribution in [0.4, 0.5) is 0 Å². The lowest BCUT2D eigenvalue weighted by molar-refractivity contribution is 0.555. The summed E-state index contributed by atoms with van der Waals surface area (Å²) >= 11 is 0. The van der Waals surface area contributed by atoms with Gasteiger partial charge in [0.1, 0.15) is 0 Å². The predicted molar refractivity (Wildman–Crippen MR) is 46.9 cm³/mol. The maximum absolute atomic E-state index is 3.03. The van der Waals surface area contributed by atoms with E-state index in [1.807, 2.05) is 7.05 Å². The molecular weight excluding hydrogens is 122 g/mol. The summed E-state index contributed by atoms with van der Waals surface area (Å²) in [7, 11) is 1.94. The van der Waals surface area contributed by atoms with Crippen molar-refractivity contribution in [2.24, 2.45) is 5.92 Å². The summed E-state index contributed by atoms with van der Waals surface area (Å²) in [4.78, 5) is 0. The average Bonchev–Trinajstić information content (AvgIpc) is 1.88. The van der Waals surface area contributed by atoms with Crippen molar-refractivity contribution < 1.29 is 0 Å². The first kappa shape index (κ1) is 9.54. The van der Waals surface area contributed by atoms with Crippen molar-refractivity contribution >= 4 is 0 Å². The maximum atomic E-state index is 3.03. The van der Waals surface area contributed by atoms with Crippen LogP contribution in [0.15, 0.2) is 11.8 Å². The van der Waals surface area contributed by atoms with Crippen molar-refractivity contribution in [2.75, 3.05) is 7.05 Å². The molecule has 0 aromatic rings. The molecule has 1 atom stereocenters. The fourth-order valence-corrected chi connectivity index (χ4v) is 0.999. The minimum absolute atomic E-state index is 0.824. The van der Waals surface area contributed by atoms with Crippen LogP contribution >= 0.6 is 0 Å². The lowest BCUT2D eigenvalue weighted by Gasteiger charge is -2.07. The fourth-order valence-electron chi connectivity index (χ4n) is 0.999. The van der Waals surface area contributed by atoms with E-state index >= 15 is 0 Å². The van der Waals surface area contributed by atoms with E-state index < -0.39 is 0 Å². The Morgan fingerprint density at radius 2 is 2.20 bits per heavy atom. The standard InChI is InChI=1S/C9H19N/c1-5-8(2)6-9(3)7-10-4/h7-8,10H,5-6H2,1-4H3. The molecule has 1 heteroatoms. The quantitative estimate of drug-likeness (QED) is 0.634. The van der Waals surface area contributed by atoms with Crippen LogP contribution in [0.5, 0.6) is 0 Å². The molecule has 0 spiro atoms. The zero-order valence-corrected chi connectivity index (χ0v) is 7.57. The molecular formula is C9H19N. The third-order valence-electron chi connectivity index (χ3n) is 1.76. The Labute approximate surface area is 64.5 Å². The second-order valence-electron chi connectivity index (χ2n) is 3.00. The molecule has 0 rings (SSSR count). The molecule has 0 aliphatic rings. The molecule has 1 unspecified atom stereocenters. The second-order valence-corrected chi connectivity index (χ2v) is 3.00. The SMILES string of the molecule is CCC(C)CC(C)=CNC. The van der Waals surface area contributed by atoms with E-state index in [-0.39, 0.29) is 0 Å². The van der Waals surface area contributed by atoms with Crippen molar-refractivity contribution in [1.82, 2.24) is 5.32 Å². The number of hydrogen-bond acceptors (Lipinski definition) is 1. The molecule has 1 nitrogen and oxygen atoms in total. The van der Waals surface area contributed by atoms with E-state index in [1.54, 1.807) is 0 Å². The van der Waals surface area contributed by atoms with E-state index in [9.17, 15) is 0 Å². The first-order valence-electron chi connectivity index (χ1n) is 4.03. The van der Waals surface area contributed by atoms with Gasteiger partial charge in [0.15, 0.2) is 0 Å². The van der Waals surface area contributed by atoms with Gasteiger partial charge in [0.25, 0.3) is 0 Å². The van der Waals surface area contributed by atoms with Gasteiger partial charge in [-0.05, 0) is 25.5 Å². The minimum Gasteiger partial charge on any atom is -0.394 e. The van der Waals surface area contributed by atoms with Gasteiger partial charge in [-0.15, -0.1) is 0 Å². The Hall–Kier alpha value is -0.460. The predicted octanol–water partition coefficient (Wildman–Crippen LogP) is 2.55. The van der Waals surface area contributed by atoms with E-state index in [0.29, 0.717) is 0 Å². The van der Waals surface area contributed by atoms with Crippen molar-refractivity contribution in [1.29, 1.82) is 0 Å². The second kappa shape index (κ2) is 5.33. The van der Waals surface area contributed by atoms with Crippen molar-refractivity contribution in [3.63, 3.8) is 0 Å². The summed E-state index contributed by atoms with van der Waals surface area (Å²) in [5.41, 5.74) is 1.44. The lowest BCUT2D eigenvalue weighted by atomic mass is 10.0. The molecule has 0 aromatic carbocycles. The minimum atomic E-state index is 0.824. The largest absolute Gasteiger partial charge is 0.394 e. The van der Waals surface area contributed by atoms with Crippen LogP contribution in [0.1, 0.15) is 33.6 Å². The summed E-state index contributed by atoms with van der Waals surface area (Å²) in [6.07, 6.45) is 4.57. The van der Waals surface area contributed by atoms with Gasteiger partial charge in [-0.3, -0.25) is 0 Å². The Bertz CT molecular complexity index is 105. The van der Waals surface area contributed by atoms with Gasteiger partial charge >= 0.3 is 0 Å². The van der Waals surface area contributed by atoms with Gasteiger partial charge in [0.2, 0.25) is 0 Å². The molecule has 0 heterocycles. The Morgan fingerprint density at radius 1 is 1.60 bits per heavy atom. The number of hydrogen-bond donors (Lipinski definition) is 1. The highest BCUT2D eigenvalue weighted by molar-refractivity contribution is 4.96. The number of nitrogens with one attached hydrogen (secondary N) is 1. The van der Waals surface area contributed by atoms with Gasteiger partial charge in [0, 0.05) is 7.05 Å². The Morgan fingerprint density at radius 3 is 2.60 bits per heavy atom. The van der Waals surface area contributed by atoms with Crippen LogP contribution in [0.2, 0.25) is 0 Å². The molecule has 0 fully saturated rings. The number of allylic oxidation sites excluding steroid dienone is 1. The molecule has 0 aliphatic carbocycles. The smallest absolute Gasteiger partial charge is 0.00276 e. The molecule has 0 amide bonds. The van der Waals surface area contributed by atoms with Crippen molar-refractivity contribution in [3.8, 4) is 0 Å². The van der Waals surface area contributed by atoms with Crippen LogP contribution in [-0.4, -0.2) is 7.05 Å². The van der Waals surface area contributed by atoms with Crippen LogP contribution in [0.3, 0.4) is 0 Å². The fraction of sp³-hybridized carbons (Fsp3) is 0.778. The summed E-state index contributed by atoms with van der Waals surface area (Å²) in [6.45, 7) is 6.69. The highest BCUT2D eigenvalue weighted by Crippen LogP contribution is 2.12. The van der Waals surface area contributed by atoms with E-state index in [4.69, 9.17) is 0 Å². The van der Waals surface area contributed by atoms with Crippen LogP contribution < -0.4 is 5.32 Å². The van der Waals surface area contributed by atoms with Crippen LogP contribution in [0.25, 0.3) is 0 Å². The molecule has 0 saturated carbocycles. The highest BCUT2D eigenvalue weighted by atomic mass is 14.8. The van der Waals surface area contributed by atoms with E-state index in [0.717, 1.165) is 5.92 Å². The Balaban J connectivity index is 3.56. The molecule has 0 radical (unpaired) electrons. The first-order valence-corrected chi connectivity index (χ1v) is 4.03. The lowest BCUT2D eigenvalue weighted by Crippen LogP contribution is -1.98. The topological polar surface area (TPSA) is 12.0 Å². The van der Waals surface area contributed by atoms with Gasteiger partial charge in [0.05, 0.1) is 0 Å². The molecule has 0 saturated heterocycles. The Kier molecular flexibility index (Phi) is 5.09. The number of rotatable bonds is 4. The zero-order chi connectivity index (χ0) is 7.98. The third-order valence-corrected chi connectivity index (χ3v) is 1.76. The summed E-state index contributed by atoms with van der Waals surface area (Å²) < 4.78 is 0. The third kappa shape index (κ3) is 4.42. The van der Waals surface area contributed by atoms with E-state index in [1.165, 1.54) is 18.4 Å². The molecule has 0 aliphatic heterocycles. The first-order chi connectivity index (χ1) is 4.70.